The van der Waals surface area contributed by atoms with Gasteiger partial charge in [0.25, 0.3) is 0 Å². The normalized spacial score (nSPS) is 23.1. The van der Waals surface area contributed by atoms with Crippen LogP contribution in [0.2, 0.25) is 0 Å². The monoisotopic (exact) mass is 298 g/mol. The second-order valence-electron chi connectivity index (χ2n) is 5.25. The van der Waals surface area contributed by atoms with Crippen LogP contribution in [0.3, 0.4) is 0 Å². The molecule has 1 aromatic carbocycles. The van der Waals surface area contributed by atoms with Crippen LogP contribution in [0, 0.1) is 0 Å². The molecular formula is C14H22N2O3S. The van der Waals surface area contributed by atoms with Crippen molar-refractivity contribution >= 4 is 9.84 Å². The van der Waals surface area contributed by atoms with Crippen molar-refractivity contribution in [3.63, 3.8) is 0 Å². The highest BCUT2D eigenvalue weighted by atomic mass is 32.2. The highest BCUT2D eigenvalue weighted by Crippen LogP contribution is 2.11. The van der Waals surface area contributed by atoms with Gasteiger partial charge in [0.15, 0.2) is 9.84 Å². The Hall–Kier alpha value is -0.950. The van der Waals surface area contributed by atoms with E-state index < -0.39 is 9.84 Å². The summed E-state index contributed by atoms with van der Waals surface area (Å²) in [6.45, 7) is 2.53. The molecule has 0 amide bonds. The van der Waals surface area contributed by atoms with Gasteiger partial charge >= 0.3 is 0 Å². The van der Waals surface area contributed by atoms with Crippen molar-refractivity contribution in [1.29, 1.82) is 0 Å². The molecule has 0 aliphatic carbocycles. The fourth-order valence-corrected chi connectivity index (χ4v) is 2.99. The Labute approximate surface area is 120 Å². The molecule has 1 heterocycles. The maximum atomic E-state index is 11.4. The summed E-state index contributed by atoms with van der Waals surface area (Å²) in [6, 6.07) is 7.45. The summed E-state index contributed by atoms with van der Waals surface area (Å²) in [5.74, 6) is 0. The standard InChI is InChI=1S/C14H22N2O3S/c1-19-13-7-12(16-10-13)9-15-8-11-3-5-14(6-4-11)20(2,17)18/h3-6,12-13,15-16H,7-10H2,1-2H3. The first kappa shape index (κ1) is 15.4. The third-order valence-electron chi connectivity index (χ3n) is 3.59. The van der Waals surface area contributed by atoms with Gasteiger partial charge < -0.3 is 15.4 Å². The lowest BCUT2D eigenvalue weighted by Crippen LogP contribution is -2.33. The van der Waals surface area contributed by atoms with Crippen molar-refractivity contribution in [3.8, 4) is 0 Å². The number of nitrogens with one attached hydrogen (secondary N) is 2. The SMILES string of the molecule is COC1CNC(CNCc2ccc(S(C)(=O)=O)cc2)C1. The van der Waals surface area contributed by atoms with E-state index in [1.165, 1.54) is 6.26 Å². The first-order valence-corrected chi connectivity index (χ1v) is 8.64. The highest BCUT2D eigenvalue weighted by Gasteiger charge is 2.22. The van der Waals surface area contributed by atoms with E-state index in [1.54, 1.807) is 19.2 Å². The fraction of sp³-hybridized carbons (Fsp3) is 0.571. The Morgan fingerprint density at radius 2 is 2.05 bits per heavy atom. The van der Waals surface area contributed by atoms with Gasteiger partial charge in [-0.3, -0.25) is 0 Å². The molecule has 2 unspecified atom stereocenters. The van der Waals surface area contributed by atoms with Gasteiger partial charge in [-0.15, -0.1) is 0 Å². The second-order valence-corrected chi connectivity index (χ2v) is 7.26. The zero-order valence-electron chi connectivity index (χ0n) is 11.9. The molecule has 1 saturated heterocycles. The van der Waals surface area contributed by atoms with Gasteiger partial charge in [-0.1, -0.05) is 12.1 Å². The minimum atomic E-state index is -3.11. The van der Waals surface area contributed by atoms with Crippen LogP contribution in [-0.4, -0.2) is 47.0 Å². The van der Waals surface area contributed by atoms with Crippen LogP contribution in [0.5, 0.6) is 0 Å². The second kappa shape index (κ2) is 6.67. The van der Waals surface area contributed by atoms with Crippen molar-refractivity contribution in [1.82, 2.24) is 10.6 Å². The molecule has 0 bridgehead atoms. The number of methoxy groups -OCH3 is 1. The summed E-state index contributed by atoms with van der Waals surface area (Å²) in [4.78, 5) is 0.363. The summed E-state index contributed by atoms with van der Waals surface area (Å²) in [5, 5.41) is 6.79. The average molecular weight is 298 g/mol. The summed E-state index contributed by atoms with van der Waals surface area (Å²) in [7, 11) is -1.36. The number of rotatable bonds is 6. The number of benzene rings is 1. The minimum Gasteiger partial charge on any atom is -0.380 e. The molecule has 1 aliphatic rings. The van der Waals surface area contributed by atoms with Gasteiger partial charge in [0.05, 0.1) is 11.0 Å². The number of sulfone groups is 1. The Morgan fingerprint density at radius 3 is 2.60 bits per heavy atom. The highest BCUT2D eigenvalue weighted by molar-refractivity contribution is 7.90. The Balaban J connectivity index is 1.77. The molecule has 2 N–H and O–H groups in total. The van der Waals surface area contributed by atoms with Crippen LogP contribution in [0.1, 0.15) is 12.0 Å². The maximum Gasteiger partial charge on any atom is 0.175 e. The molecule has 1 aliphatic heterocycles. The molecule has 0 aromatic heterocycles. The van der Waals surface area contributed by atoms with Crippen molar-refractivity contribution in [3.05, 3.63) is 29.8 Å². The lowest BCUT2D eigenvalue weighted by molar-refractivity contribution is 0.117. The molecule has 20 heavy (non-hydrogen) atoms. The van der Waals surface area contributed by atoms with Crippen LogP contribution in [0.15, 0.2) is 29.2 Å². The van der Waals surface area contributed by atoms with Gasteiger partial charge in [0.1, 0.15) is 0 Å². The number of hydrogen-bond acceptors (Lipinski definition) is 5. The molecule has 1 fully saturated rings. The van der Waals surface area contributed by atoms with E-state index >= 15 is 0 Å². The Bertz CT molecular complexity index is 528. The van der Waals surface area contributed by atoms with Crippen molar-refractivity contribution < 1.29 is 13.2 Å². The topological polar surface area (TPSA) is 67.4 Å². The van der Waals surface area contributed by atoms with E-state index in [9.17, 15) is 8.42 Å². The quantitative estimate of drug-likeness (QED) is 0.803. The third-order valence-corrected chi connectivity index (χ3v) is 4.71. The molecular weight excluding hydrogens is 276 g/mol. The molecule has 2 rings (SSSR count). The van der Waals surface area contributed by atoms with Gasteiger partial charge in [-0.25, -0.2) is 8.42 Å². The predicted octanol–water partition coefficient (Wildman–Crippen LogP) is 0.557. The molecule has 2 atom stereocenters. The van der Waals surface area contributed by atoms with E-state index in [0.29, 0.717) is 17.0 Å². The molecule has 1 aromatic rings. The van der Waals surface area contributed by atoms with Crippen LogP contribution >= 0.6 is 0 Å². The van der Waals surface area contributed by atoms with E-state index in [2.05, 4.69) is 10.6 Å². The maximum absolute atomic E-state index is 11.4. The van der Waals surface area contributed by atoms with E-state index in [0.717, 1.165) is 31.6 Å². The lowest BCUT2D eigenvalue weighted by atomic mass is 10.2. The average Bonchev–Trinajstić information content (AvgIpc) is 2.86. The molecule has 6 heteroatoms. The zero-order chi connectivity index (χ0) is 14.6. The van der Waals surface area contributed by atoms with E-state index in [-0.39, 0.29) is 0 Å². The Morgan fingerprint density at radius 1 is 1.35 bits per heavy atom. The van der Waals surface area contributed by atoms with Crippen molar-refractivity contribution in [2.75, 3.05) is 26.5 Å². The minimum absolute atomic E-state index is 0.316. The summed E-state index contributed by atoms with van der Waals surface area (Å²) in [5.41, 5.74) is 1.08. The van der Waals surface area contributed by atoms with Crippen LogP contribution in [0.4, 0.5) is 0 Å². The molecule has 0 spiro atoms. The largest absolute Gasteiger partial charge is 0.380 e. The van der Waals surface area contributed by atoms with E-state index in [4.69, 9.17) is 4.74 Å². The summed E-state index contributed by atoms with van der Waals surface area (Å²) in [6.07, 6.45) is 2.56. The van der Waals surface area contributed by atoms with Gasteiger partial charge in [0.2, 0.25) is 0 Å². The predicted molar refractivity (Wildman–Crippen MR) is 78.5 cm³/mol. The summed E-state index contributed by atoms with van der Waals surface area (Å²) < 4.78 is 28.0. The molecule has 5 nitrogen and oxygen atoms in total. The first-order valence-electron chi connectivity index (χ1n) is 6.75. The lowest BCUT2D eigenvalue weighted by Gasteiger charge is -2.12. The molecule has 0 radical (unpaired) electrons. The zero-order valence-corrected chi connectivity index (χ0v) is 12.7. The number of ether oxygens (including phenoxy) is 1. The fourth-order valence-electron chi connectivity index (χ4n) is 2.36. The smallest absolute Gasteiger partial charge is 0.175 e. The Kier molecular flexibility index (Phi) is 5.15. The number of hydrogen-bond donors (Lipinski definition) is 2. The van der Waals surface area contributed by atoms with Crippen molar-refractivity contribution in [2.24, 2.45) is 0 Å². The summed E-state index contributed by atoms with van der Waals surface area (Å²) >= 11 is 0. The van der Waals surface area contributed by atoms with Gasteiger partial charge in [-0.05, 0) is 24.1 Å². The van der Waals surface area contributed by atoms with Gasteiger partial charge in [-0.2, -0.15) is 0 Å². The molecule has 112 valence electrons. The van der Waals surface area contributed by atoms with Crippen LogP contribution < -0.4 is 10.6 Å². The molecule has 0 saturated carbocycles. The third kappa shape index (κ3) is 4.28. The van der Waals surface area contributed by atoms with Crippen LogP contribution in [-0.2, 0) is 21.1 Å². The van der Waals surface area contributed by atoms with Crippen molar-refractivity contribution in [2.45, 2.75) is 30.0 Å². The van der Waals surface area contributed by atoms with Gasteiger partial charge in [0, 0.05) is 39.0 Å². The van der Waals surface area contributed by atoms with Crippen LogP contribution in [0.25, 0.3) is 0 Å². The first-order chi connectivity index (χ1) is 9.49. The van der Waals surface area contributed by atoms with E-state index in [1.807, 2.05) is 12.1 Å².